The Kier molecular flexibility index (Phi) is 2.99. The molecule has 0 unspecified atom stereocenters. The van der Waals surface area contributed by atoms with Crippen LogP contribution in [0.15, 0.2) is 12.2 Å². The van der Waals surface area contributed by atoms with Crippen molar-refractivity contribution in [1.82, 2.24) is 0 Å². The molecule has 0 aromatic carbocycles. The summed E-state index contributed by atoms with van der Waals surface area (Å²) in [7, 11) is -5.64. The number of halogens is 3. The van der Waals surface area contributed by atoms with Crippen molar-refractivity contribution in [3.63, 3.8) is 0 Å². The molecule has 8 heteroatoms. The molecule has 70 valence electrons. The van der Waals surface area contributed by atoms with Gasteiger partial charge in [-0.15, -0.1) is 0 Å². The summed E-state index contributed by atoms with van der Waals surface area (Å²) in [5, 5.41) is -4.64. The highest BCUT2D eigenvalue weighted by Gasteiger charge is 2.41. The number of carbonyl (C=O) groups is 1. The summed E-state index contributed by atoms with van der Waals surface area (Å²) in [5.41, 5.74) is 0. The van der Waals surface area contributed by atoms with Crippen molar-refractivity contribution in [3.8, 4) is 0 Å². The molecule has 0 bridgehead atoms. The van der Waals surface area contributed by atoms with Gasteiger partial charge in [-0.2, -0.15) is 21.6 Å². The van der Waals surface area contributed by atoms with Crippen molar-refractivity contribution < 1.29 is 30.9 Å². The van der Waals surface area contributed by atoms with Gasteiger partial charge in [-0.1, -0.05) is 0 Å². The number of alkyl halides is 2. The molecule has 0 aliphatic carbocycles. The van der Waals surface area contributed by atoms with E-state index in [4.69, 9.17) is 4.55 Å². The van der Waals surface area contributed by atoms with E-state index < -0.39 is 27.5 Å². The number of allylic oxidation sites excluding steroid dienone is 1. The largest absolute Gasteiger partial charge is 0.388 e. The van der Waals surface area contributed by atoms with Crippen molar-refractivity contribution in [3.05, 3.63) is 12.2 Å². The topological polar surface area (TPSA) is 71.4 Å². The fraction of sp³-hybridized carbons (Fsp3) is 0.250. The number of hydrogen-bond donors (Lipinski definition) is 1. The van der Waals surface area contributed by atoms with Gasteiger partial charge < -0.3 is 0 Å². The van der Waals surface area contributed by atoms with Crippen LogP contribution < -0.4 is 0 Å². The van der Waals surface area contributed by atoms with E-state index in [-0.39, 0.29) is 6.08 Å². The molecule has 0 aromatic heterocycles. The Bertz CT molecular complexity index is 304. The monoisotopic (exact) mass is 204 g/mol. The summed E-state index contributed by atoms with van der Waals surface area (Å²) in [6.45, 7) is 0. The SMILES string of the molecule is O=C(F)C=CC(F)(F)S(=O)(=O)O. The Morgan fingerprint density at radius 1 is 1.42 bits per heavy atom. The van der Waals surface area contributed by atoms with Gasteiger partial charge in [0.25, 0.3) is 0 Å². The van der Waals surface area contributed by atoms with Gasteiger partial charge in [0, 0.05) is 12.2 Å². The molecule has 0 aromatic rings. The minimum absolute atomic E-state index is 0.298. The summed E-state index contributed by atoms with van der Waals surface area (Å²) in [6, 6.07) is -2.24. The van der Waals surface area contributed by atoms with Gasteiger partial charge >= 0.3 is 21.4 Å². The number of carbonyl (C=O) groups excluding carboxylic acids is 1. The third-order valence-corrected chi connectivity index (χ3v) is 1.58. The van der Waals surface area contributed by atoms with Crippen LogP contribution >= 0.6 is 0 Å². The van der Waals surface area contributed by atoms with Crippen molar-refractivity contribution in [2.45, 2.75) is 5.25 Å². The van der Waals surface area contributed by atoms with Gasteiger partial charge in [-0.3, -0.25) is 9.35 Å². The second kappa shape index (κ2) is 3.23. The molecule has 0 heterocycles. The zero-order chi connectivity index (χ0) is 9.99. The van der Waals surface area contributed by atoms with E-state index in [0.717, 1.165) is 0 Å². The van der Waals surface area contributed by atoms with Gasteiger partial charge in [-0.05, 0) is 0 Å². The predicted octanol–water partition coefficient (Wildman–Crippen LogP) is 0.519. The molecule has 0 saturated heterocycles. The van der Waals surface area contributed by atoms with Gasteiger partial charge in [0.1, 0.15) is 0 Å². The lowest BCUT2D eigenvalue weighted by Gasteiger charge is -2.05. The fourth-order valence-electron chi connectivity index (χ4n) is 0.249. The molecule has 0 radical (unpaired) electrons. The third kappa shape index (κ3) is 3.01. The second-order valence-electron chi connectivity index (χ2n) is 1.67. The normalized spacial score (nSPS) is 13.7. The highest BCUT2D eigenvalue weighted by Crippen LogP contribution is 2.21. The number of rotatable bonds is 3. The maximum atomic E-state index is 12.0. The Hall–Kier alpha value is -0.890. The average molecular weight is 204 g/mol. The molecule has 1 N–H and O–H groups in total. The minimum atomic E-state index is -5.64. The highest BCUT2D eigenvalue weighted by atomic mass is 32.2. The summed E-state index contributed by atoms with van der Waals surface area (Å²) in [4.78, 5) is 9.45. The minimum Gasteiger partial charge on any atom is -0.281 e. The molecule has 0 rings (SSSR count). The highest BCUT2D eigenvalue weighted by molar-refractivity contribution is 7.87. The van der Waals surface area contributed by atoms with Crippen LogP contribution in [0.25, 0.3) is 0 Å². The summed E-state index contributed by atoms with van der Waals surface area (Å²) in [5.74, 6) is 0. The Balaban J connectivity index is 4.78. The van der Waals surface area contributed by atoms with Crippen LogP contribution in [0.4, 0.5) is 13.2 Å². The lowest BCUT2D eigenvalue weighted by atomic mass is 10.5. The molecule has 0 spiro atoms. The van der Waals surface area contributed by atoms with E-state index in [1.54, 1.807) is 0 Å². The van der Waals surface area contributed by atoms with Crippen LogP contribution in [0.1, 0.15) is 0 Å². The van der Waals surface area contributed by atoms with Gasteiger partial charge in [-0.25, -0.2) is 0 Å². The second-order valence-corrected chi connectivity index (χ2v) is 3.17. The van der Waals surface area contributed by atoms with Crippen molar-refractivity contribution in [2.24, 2.45) is 0 Å². The first kappa shape index (κ1) is 11.1. The fourth-order valence-corrected chi connectivity index (χ4v) is 0.489. The molecule has 0 saturated carbocycles. The van der Waals surface area contributed by atoms with Crippen LogP contribution in [0.3, 0.4) is 0 Å². The van der Waals surface area contributed by atoms with E-state index in [1.807, 2.05) is 0 Å². The summed E-state index contributed by atoms with van der Waals surface area (Å²) in [6.07, 6.45) is -0.849. The van der Waals surface area contributed by atoms with Crippen LogP contribution in [-0.4, -0.2) is 24.3 Å². The molecule has 12 heavy (non-hydrogen) atoms. The van der Waals surface area contributed by atoms with Gasteiger partial charge in [0.15, 0.2) is 0 Å². The van der Waals surface area contributed by atoms with E-state index >= 15 is 0 Å². The average Bonchev–Trinajstić information content (AvgIpc) is 1.81. The molecular formula is C4H3F3O4S. The molecule has 0 atom stereocenters. The van der Waals surface area contributed by atoms with E-state index in [2.05, 4.69) is 0 Å². The molecular weight excluding hydrogens is 201 g/mol. The zero-order valence-electron chi connectivity index (χ0n) is 5.37. The van der Waals surface area contributed by atoms with Crippen molar-refractivity contribution in [2.75, 3.05) is 0 Å². The van der Waals surface area contributed by atoms with E-state index in [9.17, 15) is 26.4 Å². The van der Waals surface area contributed by atoms with Gasteiger partial charge in [0.2, 0.25) is 0 Å². The lowest BCUT2D eigenvalue weighted by Crippen LogP contribution is -2.25. The standard InChI is InChI=1S/C4H3F3O4S/c5-3(8)1-2-4(6,7)12(9,10)11/h1-2H,(H,9,10,11). The van der Waals surface area contributed by atoms with E-state index in [1.165, 1.54) is 0 Å². The van der Waals surface area contributed by atoms with Crippen LogP contribution in [0.2, 0.25) is 0 Å². The van der Waals surface area contributed by atoms with Crippen molar-refractivity contribution >= 4 is 16.2 Å². The smallest absolute Gasteiger partial charge is 0.281 e. The van der Waals surface area contributed by atoms with Gasteiger partial charge in [0.05, 0.1) is 0 Å². The molecule has 0 aliphatic heterocycles. The lowest BCUT2D eigenvalue weighted by molar-refractivity contribution is -0.124. The molecule has 0 amide bonds. The third-order valence-electron chi connectivity index (χ3n) is 0.752. The molecule has 0 aliphatic rings. The van der Waals surface area contributed by atoms with Crippen LogP contribution in [0.5, 0.6) is 0 Å². The first-order valence-corrected chi connectivity index (χ1v) is 3.84. The Morgan fingerprint density at radius 3 is 2.08 bits per heavy atom. The van der Waals surface area contributed by atoms with E-state index in [0.29, 0.717) is 0 Å². The van der Waals surface area contributed by atoms with Crippen molar-refractivity contribution in [1.29, 1.82) is 0 Å². The Labute approximate surface area is 65.4 Å². The first-order valence-electron chi connectivity index (χ1n) is 2.40. The summed E-state index contributed by atoms with van der Waals surface area (Å²) >= 11 is 0. The first-order chi connectivity index (χ1) is 5.17. The van der Waals surface area contributed by atoms with Crippen LogP contribution in [0, 0.1) is 0 Å². The maximum Gasteiger partial charge on any atom is 0.388 e. The number of hydrogen-bond acceptors (Lipinski definition) is 3. The van der Waals surface area contributed by atoms with Crippen LogP contribution in [-0.2, 0) is 14.9 Å². The quantitative estimate of drug-likeness (QED) is 0.413. The molecule has 0 fully saturated rings. The molecule has 4 nitrogen and oxygen atoms in total. The predicted molar refractivity (Wildman–Crippen MR) is 31.8 cm³/mol. The Morgan fingerprint density at radius 2 is 1.83 bits per heavy atom. The maximum absolute atomic E-state index is 12.0. The zero-order valence-corrected chi connectivity index (χ0v) is 6.19. The summed E-state index contributed by atoms with van der Waals surface area (Å²) < 4.78 is 62.7.